The summed E-state index contributed by atoms with van der Waals surface area (Å²) in [6.07, 6.45) is 9.26. The van der Waals surface area contributed by atoms with Gasteiger partial charge in [0.15, 0.2) is 0 Å². The van der Waals surface area contributed by atoms with Gasteiger partial charge in [-0.15, -0.1) is 0 Å². The average molecular weight is 545 g/mol. The van der Waals surface area contributed by atoms with Gasteiger partial charge < -0.3 is 24.1 Å². The lowest BCUT2D eigenvalue weighted by Gasteiger charge is -2.45. The van der Waals surface area contributed by atoms with E-state index in [1.165, 1.54) is 6.42 Å². The largest absolute Gasteiger partial charge is 0.497 e. The van der Waals surface area contributed by atoms with Gasteiger partial charge in [-0.3, -0.25) is 9.59 Å². The Morgan fingerprint density at radius 1 is 1.08 bits per heavy atom. The van der Waals surface area contributed by atoms with Crippen molar-refractivity contribution in [1.29, 1.82) is 0 Å². The summed E-state index contributed by atoms with van der Waals surface area (Å²) in [5.41, 5.74) is 2.06. The number of benzene rings is 2. The minimum absolute atomic E-state index is 0.111. The zero-order valence-electron chi connectivity index (χ0n) is 22.3. The van der Waals surface area contributed by atoms with Crippen molar-refractivity contribution in [3.63, 3.8) is 0 Å². The summed E-state index contributed by atoms with van der Waals surface area (Å²) in [6.45, 7) is 2.53. The van der Waals surface area contributed by atoms with E-state index in [0.717, 1.165) is 47.8 Å². The predicted octanol–water partition coefficient (Wildman–Crippen LogP) is 5.96. The molecular formula is C31H33ClN4O3. The van der Waals surface area contributed by atoms with Crippen LogP contribution in [0.5, 0.6) is 5.75 Å². The second kappa shape index (κ2) is 10.1. The molecule has 8 heteroatoms. The van der Waals surface area contributed by atoms with E-state index in [4.69, 9.17) is 16.3 Å². The number of ether oxygens (including phenoxy) is 1. The normalized spacial score (nSPS) is 19.8. The second-order valence-corrected chi connectivity index (χ2v) is 11.3. The lowest BCUT2D eigenvalue weighted by molar-refractivity contribution is -0.134. The molecule has 2 aromatic heterocycles. The molecule has 1 N–H and O–H groups in total. The Labute approximate surface area is 233 Å². The Hall–Kier alpha value is -3.71. The first-order chi connectivity index (χ1) is 18.9. The molecule has 0 spiro atoms. The molecule has 0 radical (unpaired) electrons. The minimum Gasteiger partial charge on any atom is -0.497 e. The van der Waals surface area contributed by atoms with Gasteiger partial charge in [0.2, 0.25) is 5.91 Å². The number of hydrogen-bond acceptors (Lipinski definition) is 3. The van der Waals surface area contributed by atoms with Gasteiger partial charge in [0, 0.05) is 35.4 Å². The fourth-order valence-electron chi connectivity index (χ4n) is 6.11. The summed E-state index contributed by atoms with van der Waals surface area (Å²) in [6, 6.07) is 17.3. The molecule has 1 aliphatic heterocycles. The zero-order chi connectivity index (χ0) is 27.1. The van der Waals surface area contributed by atoms with Crippen LogP contribution in [0.3, 0.4) is 0 Å². The molecule has 6 rings (SSSR count). The number of methoxy groups -OCH3 is 1. The van der Waals surface area contributed by atoms with Crippen molar-refractivity contribution in [3.05, 3.63) is 83.3 Å². The van der Waals surface area contributed by atoms with Gasteiger partial charge >= 0.3 is 0 Å². The van der Waals surface area contributed by atoms with Crippen LogP contribution in [-0.4, -0.2) is 44.5 Å². The number of halogens is 1. The van der Waals surface area contributed by atoms with E-state index >= 15 is 0 Å². The van der Waals surface area contributed by atoms with E-state index in [9.17, 15) is 9.59 Å². The van der Waals surface area contributed by atoms with Crippen molar-refractivity contribution in [1.82, 2.24) is 19.4 Å². The lowest BCUT2D eigenvalue weighted by Crippen LogP contribution is -2.64. The van der Waals surface area contributed by atoms with Crippen molar-refractivity contribution < 1.29 is 14.3 Å². The Kier molecular flexibility index (Phi) is 6.63. The van der Waals surface area contributed by atoms with Gasteiger partial charge in [-0.25, -0.2) is 0 Å². The monoisotopic (exact) mass is 544 g/mol. The SMILES string of the molecule is COc1ccc2c(c1)c(-n1cccc1)c1n2CC(C)(C(=O)NC2CCCCC2)N(Cc2ccc(Cl)cc2)C1=O. The number of aromatic nitrogens is 2. The quantitative estimate of drug-likeness (QED) is 0.326. The second-order valence-electron chi connectivity index (χ2n) is 10.9. The summed E-state index contributed by atoms with van der Waals surface area (Å²) >= 11 is 6.15. The van der Waals surface area contributed by atoms with Gasteiger partial charge in [0.05, 0.1) is 24.9 Å². The Morgan fingerprint density at radius 3 is 2.49 bits per heavy atom. The third-order valence-corrected chi connectivity index (χ3v) is 8.55. The average Bonchev–Trinajstić information content (AvgIpc) is 3.58. The number of rotatable bonds is 6. The van der Waals surface area contributed by atoms with Crippen molar-refractivity contribution in [2.45, 2.75) is 63.7 Å². The smallest absolute Gasteiger partial charge is 0.273 e. The van der Waals surface area contributed by atoms with Crippen molar-refractivity contribution in [2.24, 2.45) is 0 Å². The molecule has 7 nitrogen and oxygen atoms in total. The highest BCUT2D eigenvalue weighted by Crippen LogP contribution is 2.40. The van der Waals surface area contributed by atoms with Crippen molar-refractivity contribution in [2.75, 3.05) is 7.11 Å². The summed E-state index contributed by atoms with van der Waals surface area (Å²) in [7, 11) is 1.64. The highest BCUT2D eigenvalue weighted by molar-refractivity contribution is 6.30. The molecule has 1 aliphatic carbocycles. The molecular weight excluding hydrogens is 512 g/mol. The molecule has 4 aromatic rings. The summed E-state index contributed by atoms with van der Waals surface area (Å²) in [5, 5.41) is 4.84. The fraction of sp³-hybridized carbons (Fsp3) is 0.355. The van der Waals surface area contributed by atoms with E-state index in [1.54, 1.807) is 12.0 Å². The number of carbonyl (C=O) groups excluding carboxylic acids is 2. The van der Waals surface area contributed by atoms with Crippen LogP contribution in [0.2, 0.25) is 5.02 Å². The van der Waals surface area contributed by atoms with E-state index < -0.39 is 5.54 Å². The van der Waals surface area contributed by atoms with Crippen LogP contribution in [0.4, 0.5) is 0 Å². The number of hydrogen-bond donors (Lipinski definition) is 1. The number of carbonyl (C=O) groups is 2. The molecule has 1 fully saturated rings. The Bertz CT molecular complexity index is 1520. The van der Waals surface area contributed by atoms with Crippen LogP contribution in [0.25, 0.3) is 16.6 Å². The standard InChI is InChI=1S/C31H33ClN4O3/c1-31(30(38)33-23-8-4-3-5-9-23)20-35-26-15-14-24(39-2)18-25(26)27(34-16-6-7-17-34)28(35)29(37)36(31)19-21-10-12-22(32)13-11-21/h6-7,10-18,23H,3-5,8-9,19-20H2,1-2H3,(H,33,38). The predicted molar refractivity (Wildman–Crippen MR) is 153 cm³/mol. The number of amides is 2. The molecule has 202 valence electrons. The van der Waals surface area contributed by atoms with Gasteiger partial charge in [-0.05, 0) is 67.8 Å². The molecule has 0 saturated heterocycles. The van der Waals surface area contributed by atoms with Crippen molar-refractivity contribution >= 4 is 34.3 Å². The van der Waals surface area contributed by atoms with Crippen LogP contribution in [0.15, 0.2) is 67.0 Å². The molecule has 2 aromatic carbocycles. The highest BCUT2D eigenvalue weighted by Gasteiger charge is 2.49. The molecule has 1 saturated carbocycles. The molecule has 1 unspecified atom stereocenters. The van der Waals surface area contributed by atoms with Gasteiger partial charge in [0.25, 0.3) is 5.91 Å². The molecule has 2 amide bonds. The molecule has 3 heterocycles. The van der Waals surface area contributed by atoms with Gasteiger partial charge in [0.1, 0.15) is 17.0 Å². The van der Waals surface area contributed by atoms with E-state index in [1.807, 2.05) is 83.0 Å². The summed E-state index contributed by atoms with van der Waals surface area (Å²) in [4.78, 5) is 30.4. The molecule has 0 bridgehead atoms. The molecule has 39 heavy (non-hydrogen) atoms. The van der Waals surface area contributed by atoms with Crippen molar-refractivity contribution in [3.8, 4) is 11.4 Å². The summed E-state index contributed by atoms with van der Waals surface area (Å²) in [5.74, 6) is 0.415. The minimum atomic E-state index is -1.10. The fourth-order valence-corrected chi connectivity index (χ4v) is 6.24. The summed E-state index contributed by atoms with van der Waals surface area (Å²) < 4.78 is 9.53. The Morgan fingerprint density at radius 2 is 1.79 bits per heavy atom. The van der Waals surface area contributed by atoms with Crippen LogP contribution >= 0.6 is 11.6 Å². The van der Waals surface area contributed by atoms with Crippen LogP contribution in [0.1, 0.15) is 55.1 Å². The first-order valence-corrected chi connectivity index (χ1v) is 14.0. The van der Waals surface area contributed by atoms with Crippen LogP contribution in [0, 0.1) is 0 Å². The molecule has 2 aliphatic rings. The maximum Gasteiger partial charge on any atom is 0.273 e. The number of nitrogens with one attached hydrogen (secondary N) is 1. The maximum absolute atomic E-state index is 14.6. The topological polar surface area (TPSA) is 68.5 Å². The van der Waals surface area contributed by atoms with E-state index in [2.05, 4.69) is 5.32 Å². The molecule has 1 atom stereocenters. The first kappa shape index (κ1) is 25.6. The zero-order valence-corrected chi connectivity index (χ0v) is 23.1. The van der Waals surface area contributed by atoms with E-state index in [0.29, 0.717) is 29.6 Å². The third-order valence-electron chi connectivity index (χ3n) is 8.30. The highest BCUT2D eigenvalue weighted by atomic mass is 35.5. The number of nitrogens with zero attached hydrogens (tertiary/aromatic N) is 3. The number of fused-ring (bicyclic) bond motifs is 3. The van der Waals surface area contributed by atoms with Crippen LogP contribution in [-0.2, 0) is 17.9 Å². The van der Waals surface area contributed by atoms with Crippen LogP contribution < -0.4 is 10.1 Å². The lowest BCUT2D eigenvalue weighted by atomic mass is 9.91. The first-order valence-electron chi connectivity index (χ1n) is 13.6. The van der Waals surface area contributed by atoms with Gasteiger partial charge in [-0.1, -0.05) is 43.0 Å². The van der Waals surface area contributed by atoms with Gasteiger partial charge in [-0.2, -0.15) is 0 Å². The Balaban J connectivity index is 1.51. The third kappa shape index (κ3) is 4.48. The maximum atomic E-state index is 14.6. The van der Waals surface area contributed by atoms with E-state index in [-0.39, 0.29) is 17.9 Å².